The van der Waals surface area contributed by atoms with Crippen molar-refractivity contribution in [1.29, 1.82) is 0 Å². The quantitative estimate of drug-likeness (QED) is 0.626. The molecule has 8 nitrogen and oxygen atoms in total. The first-order valence-electron chi connectivity index (χ1n) is 12.1. The molecular weight excluding hydrogens is 462 g/mol. The number of carbonyl (C=O) groups excluding carboxylic acids is 3. The summed E-state index contributed by atoms with van der Waals surface area (Å²) in [6, 6.07) is 9.19. The first kappa shape index (κ1) is 22.2. The Morgan fingerprint density at radius 3 is 2.89 bits per heavy atom. The summed E-state index contributed by atoms with van der Waals surface area (Å²) in [7, 11) is 0. The number of benzene rings is 1. The van der Waals surface area contributed by atoms with Gasteiger partial charge in [0.15, 0.2) is 0 Å². The lowest BCUT2D eigenvalue weighted by Gasteiger charge is -2.35. The molecule has 180 valence electrons. The van der Waals surface area contributed by atoms with Crippen molar-refractivity contribution >= 4 is 41.0 Å². The number of rotatable bonds is 5. The summed E-state index contributed by atoms with van der Waals surface area (Å²) >= 11 is 1.39. The van der Waals surface area contributed by atoms with Gasteiger partial charge in [-0.1, -0.05) is 30.5 Å². The lowest BCUT2D eigenvalue weighted by molar-refractivity contribution is -0.129. The van der Waals surface area contributed by atoms with E-state index >= 15 is 0 Å². The lowest BCUT2D eigenvalue weighted by atomic mass is 9.98. The van der Waals surface area contributed by atoms with Crippen LogP contribution in [0.5, 0.6) is 0 Å². The molecule has 3 atom stereocenters. The molecule has 0 spiro atoms. The second kappa shape index (κ2) is 8.71. The standard InChI is InChI=1S/C26H27N5O3S/c1-2-20(32)30-12-4-6-17(14-30)28-24(33)23-22-21-19(10-11-27-25(21)35-23)31(26(34)29-22)18-7-3-5-16(13-18)15-8-9-15/h2-3,5,7,10-11,13,15,17,22-23H,1,4,6,8-9,12,14H2,(H,28,33)(H,29,34)/t17?,22?,23-/m1/s1. The zero-order valence-corrected chi connectivity index (χ0v) is 20.1. The molecule has 2 unspecified atom stereocenters. The summed E-state index contributed by atoms with van der Waals surface area (Å²) in [5.74, 6) is 0.317. The number of carbonyl (C=O) groups is 3. The lowest BCUT2D eigenvalue weighted by Crippen LogP contribution is -2.53. The van der Waals surface area contributed by atoms with E-state index in [4.69, 9.17) is 0 Å². The van der Waals surface area contributed by atoms with Gasteiger partial charge in [-0.05, 0) is 61.4 Å². The van der Waals surface area contributed by atoms with Crippen LogP contribution in [0.2, 0.25) is 0 Å². The predicted molar refractivity (Wildman–Crippen MR) is 134 cm³/mol. The molecule has 1 aromatic heterocycles. The first-order valence-corrected chi connectivity index (χ1v) is 13.0. The molecule has 2 aromatic rings. The van der Waals surface area contributed by atoms with Crippen LogP contribution in [0, 0.1) is 0 Å². The van der Waals surface area contributed by atoms with Crippen LogP contribution < -0.4 is 15.5 Å². The number of hydrogen-bond acceptors (Lipinski definition) is 5. The molecule has 4 amide bonds. The minimum atomic E-state index is -0.520. The number of anilines is 2. The van der Waals surface area contributed by atoms with Crippen molar-refractivity contribution in [3.8, 4) is 0 Å². The van der Waals surface area contributed by atoms with Crippen LogP contribution in [0.1, 0.15) is 48.8 Å². The minimum Gasteiger partial charge on any atom is -0.351 e. The van der Waals surface area contributed by atoms with Gasteiger partial charge in [0.1, 0.15) is 10.3 Å². The number of amides is 4. The van der Waals surface area contributed by atoms with Gasteiger partial charge in [-0.25, -0.2) is 9.78 Å². The number of thioether (sulfide) groups is 1. The van der Waals surface area contributed by atoms with E-state index < -0.39 is 11.3 Å². The summed E-state index contributed by atoms with van der Waals surface area (Å²) in [5, 5.41) is 6.44. The average molecular weight is 490 g/mol. The molecule has 2 N–H and O–H groups in total. The predicted octanol–water partition coefficient (Wildman–Crippen LogP) is 3.63. The van der Waals surface area contributed by atoms with E-state index in [-0.39, 0.29) is 23.9 Å². The molecule has 3 aliphatic heterocycles. The number of nitrogens with one attached hydrogen (secondary N) is 2. The van der Waals surface area contributed by atoms with Crippen molar-refractivity contribution in [3.05, 3.63) is 60.3 Å². The van der Waals surface area contributed by atoms with Crippen molar-refractivity contribution in [2.24, 2.45) is 0 Å². The van der Waals surface area contributed by atoms with E-state index in [0.29, 0.717) is 19.0 Å². The van der Waals surface area contributed by atoms with Gasteiger partial charge < -0.3 is 15.5 Å². The van der Waals surface area contributed by atoms with Crippen molar-refractivity contribution in [2.75, 3.05) is 18.0 Å². The number of aromatic nitrogens is 1. The summed E-state index contributed by atoms with van der Waals surface area (Å²) in [4.78, 5) is 46.7. The average Bonchev–Trinajstić information content (AvgIpc) is 3.66. The fourth-order valence-electron chi connectivity index (χ4n) is 5.32. The Balaban J connectivity index is 1.24. The Morgan fingerprint density at radius 1 is 1.23 bits per heavy atom. The van der Waals surface area contributed by atoms with Gasteiger partial charge in [0.25, 0.3) is 0 Å². The molecule has 1 saturated carbocycles. The molecule has 4 aliphatic rings. The molecule has 6 rings (SSSR count). The van der Waals surface area contributed by atoms with Crippen LogP contribution in [-0.4, -0.2) is 52.1 Å². The fourth-order valence-corrected chi connectivity index (χ4v) is 6.56. The Labute approximate surface area is 208 Å². The van der Waals surface area contributed by atoms with Crippen LogP contribution in [0.3, 0.4) is 0 Å². The second-order valence-corrected chi connectivity index (χ2v) is 10.7. The third-order valence-electron chi connectivity index (χ3n) is 7.20. The highest BCUT2D eigenvalue weighted by molar-refractivity contribution is 8.01. The topological polar surface area (TPSA) is 94.6 Å². The number of nitrogens with zero attached hydrogens (tertiary/aromatic N) is 3. The monoisotopic (exact) mass is 489 g/mol. The molecule has 2 fully saturated rings. The molecule has 0 radical (unpaired) electrons. The van der Waals surface area contributed by atoms with Crippen molar-refractivity contribution < 1.29 is 14.4 Å². The highest BCUT2D eigenvalue weighted by Gasteiger charge is 2.47. The van der Waals surface area contributed by atoms with E-state index in [1.807, 2.05) is 18.2 Å². The Bertz CT molecular complexity index is 1230. The van der Waals surface area contributed by atoms with E-state index in [0.717, 1.165) is 34.8 Å². The largest absolute Gasteiger partial charge is 0.351 e. The summed E-state index contributed by atoms with van der Waals surface area (Å²) in [6.45, 7) is 4.70. The smallest absolute Gasteiger partial charge is 0.327 e. The fraction of sp³-hybridized carbons (Fsp3) is 0.385. The normalized spacial score (nSPS) is 25.0. The number of hydrogen-bond donors (Lipinski definition) is 2. The van der Waals surface area contributed by atoms with Crippen LogP contribution >= 0.6 is 11.8 Å². The minimum absolute atomic E-state index is 0.120. The van der Waals surface area contributed by atoms with E-state index in [1.54, 1.807) is 16.0 Å². The molecule has 1 saturated heterocycles. The van der Waals surface area contributed by atoms with Gasteiger partial charge in [-0.3, -0.25) is 14.5 Å². The van der Waals surface area contributed by atoms with E-state index in [2.05, 4.69) is 34.3 Å². The maximum absolute atomic E-state index is 13.4. The zero-order chi connectivity index (χ0) is 24.1. The Hall–Kier alpha value is -3.33. The Kier molecular flexibility index (Phi) is 5.51. The summed E-state index contributed by atoms with van der Waals surface area (Å²) in [5.41, 5.74) is 3.75. The molecular formula is C26H27N5O3S. The zero-order valence-electron chi connectivity index (χ0n) is 19.3. The summed E-state index contributed by atoms with van der Waals surface area (Å²) < 4.78 is 0. The number of piperidine rings is 1. The van der Waals surface area contributed by atoms with Crippen molar-refractivity contribution in [3.63, 3.8) is 0 Å². The maximum Gasteiger partial charge on any atom is 0.327 e. The SMILES string of the molecule is C=CC(=O)N1CCCC(NC(=O)[C@@H]2Sc3nccc4c3C2NC(=O)N4c2cccc(C3CC3)c2)C1. The maximum atomic E-state index is 13.4. The van der Waals surface area contributed by atoms with E-state index in [9.17, 15) is 14.4 Å². The van der Waals surface area contributed by atoms with Gasteiger partial charge in [-0.15, -0.1) is 0 Å². The second-order valence-electron chi connectivity index (χ2n) is 9.56. The van der Waals surface area contributed by atoms with Gasteiger partial charge in [0.05, 0.1) is 17.4 Å². The highest BCUT2D eigenvalue weighted by Crippen LogP contribution is 2.51. The van der Waals surface area contributed by atoms with Gasteiger partial charge >= 0.3 is 6.03 Å². The number of urea groups is 1. The molecule has 1 aromatic carbocycles. The van der Waals surface area contributed by atoms with Gasteiger partial charge in [0, 0.05) is 30.9 Å². The summed E-state index contributed by atoms with van der Waals surface area (Å²) in [6.07, 6.45) is 7.03. The molecule has 0 bridgehead atoms. The number of pyridine rings is 1. The van der Waals surface area contributed by atoms with Crippen LogP contribution in [0.25, 0.3) is 0 Å². The van der Waals surface area contributed by atoms with Crippen LogP contribution in [0.15, 0.2) is 54.2 Å². The van der Waals surface area contributed by atoms with Gasteiger partial charge in [0.2, 0.25) is 11.8 Å². The van der Waals surface area contributed by atoms with Crippen molar-refractivity contribution in [2.45, 2.75) is 54.0 Å². The van der Waals surface area contributed by atoms with E-state index in [1.165, 1.54) is 36.2 Å². The number of likely N-dealkylation sites (tertiary alicyclic amines) is 1. The van der Waals surface area contributed by atoms with Gasteiger partial charge in [-0.2, -0.15) is 0 Å². The highest BCUT2D eigenvalue weighted by atomic mass is 32.2. The third-order valence-corrected chi connectivity index (χ3v) is 8.48. The third kappa shape index (κ3) is 3.97. The molecule has 4 heterocycles. The first-order chi connectivity index (χ1) is 17.0. The Morgan fingerprint density at radius 2 is 2.09 bits per heavy atom. The van der Waals surface area contributed by atoms with Crippen molar-refractivity contribution in [1.82, 2.24) is 20.5 Å². The molecule has 9 heteroatoms. The van der Waals surface area contributed by atoms with Crippen LogP contribution in [0.4, 0.5) is 16.2 Å². The molecule has 35 heavy (non-hydrogen) atoms. The molecule has 1 aliphatic carbocycles. The van der Waals surface area contributed by atoms with Crippen LogP contribution in [-0.2, 0) is 9.59 Å².